The molecule has 0 aliphatic rings. The first kappa shape index (κ1) is 12.2. The van der Waals surface area contributed by atoms with Crippen LogP contribution in [0.5, 0.6) is 0 Å². The van der Waals surface area contributed by atoms with Gasteiger partial charge in [0.15, 0.2) is 0 Å². The molecule has 1 N–H and O–H groups in total. The van der Waals surface area contributed by atoms with Gasteiger partial charge in [-0.2, -0.15) is 0 Å². The molecule has 2 nitrogen and oxygen atoms in total. The maximum Gasteiger partial charge on any atom is 0.0494 e. The average molecular weight is 207 g/mol. The second kappa shape index (κ2) is 5.29. The van der Waals surface area contributed by atoms with Crippen molar-refractivity contribution in [3.8, 4) is 0 Å². The van der Waals surface area contributed by atoms with Crippen molar-refractivity contribution in [2.75, 3.05) is 20.2 Å². The number of aliphatic hydroxyl groups excluding tert-OH is 1. The second-order valence-electron chi connectivity index (χ2n) is 4.98. The van der Waals surface area contributed by atoms with Gasteiger partial charge >= 0.3 is 0 Å². The number of rotatable bonds is 5. The molecule has 0 radical (unpaired) electrons. The molecule has 0 saturated carbocycles. The van der Waals surface area contributed by atoms with Crippen LogP contribution in [0.15, 0.2) is 30.3 Å². The van der Waals surface area contributed by atoms with Crippen LogP contribution < -0.4 is 0 Å². The van der Waals surface area contributed by atoms with Crippen LogP contribution in [0.25, 0.3) is 0 Å². The summed E-state index contributed by atoms with van der Waals surface area (Å²) >= 11 is 0. The van der Waals surface area contributed by atoms with Gasteiger partial charge in [0.2, 0.25) is 0 Å². The van der Waals surface area contributed by atoms with E-state index in [1.54, 1.807) is 0 Å². The van der Waals surface area contributed by atoms with Crippen LogP contribution in [-0.2, 0) is 6.54 Å². The molecule has 0 atom stereocenters. The lowest BCUT2D eigenvalue weighted by Crippen LogP contribution is -2.33. The number of aliphatic hydroxyl groups is 1. The van der Waals surface area contributed by atoms with Crippen LogP contribution in [0.4, 0.5) is 0 Å². The molecular formula is C13H21NO. The van der Waals surface area contributed by atoms with Gasteiger partial charge in [0.1, 0.15) is 0 Å². The Morgan fingerprint density at radius 1 is 1.20 bits per heavy atom. The van der Waals surface area contributed by atoms with Crippen LogP contribution in [0, 0.1) is 5.41 Å². The number of nitrogens with zero attached hydrogens (tertiary/aromatic N) is 1. The summed E-state index contributed by atoms with van der Waals surface area (Å²) in [4.78, 5) is 2.24. The van der Waals surface area contributed by atoms with Crippen LogP contribution in [0.2, 0.25) is 0 Å². The van der Waals surface area contributed by atoms with E-state index in [9.17, 15) is 5.11 Å². The van der Waals surface area contributed by atoms with Crippen molar-refractivity contribution in [2.45, 2.75) is 20.4 Å². The zero-order valence-electron chi connectivity index (χ0n) is 9.90. The van der Waals surface area contributed by atoms with E-state index in [0.29, 0.717) is 0 Å². The summed E-state index contributed by atoms with van der Waals surface area (Å²) in [6.45, 7) is 6.22. The Kier molecular flexibility index (Phi) is 4.30. The zero-order chi connectivity index (χ0) is 11.3. The monoisotopic (exact) mass is 207 g/mol. The van der Waals surface area contributed by atoms with Gasteiger partial charge in [0.25, 0.3) is 0 Å². The minimum Gasteiger partial charge on any atom is -0.396 e. The molecule has 0 bridgehead atoms. The predicted octanol–water partition coefficient (Wildman–Crippen LogP) is 2.14. The summed E-state index contributed by atoms with van der Waals surface area (Å²) in [6, 6.07) is 10.4. The van der Waals surface area contributed by atoms with E-state index in [1.807, 2.05) is 6.07 Å². The highest BCUT2D eigenvalue weighted by Crippen LogP contribution is 2.16. The first-order valence-electron chi connectivity index (χ1n) is 5.37. The van der Waals surface area contributed by atoms with Crippen LogP contribution in [0.1, 0.15) is 19.4 Å². The van der Waals surface area contributed by atoms with E-state index >= 15 is 0 Å². The molecule has 0 saturated heterocycles. The normalized spacial score (nSPS) is 12.1. The molecule has 0 unspecified atom stereocenters. The highest BCUT2D eigenvalue weighted by molar-refractivity contribution is 5.14. The highest BCUT2D eigenvalue weighted by atomic mass is 16.3. The van der Waals surface area contributed by atoms with E-state index in [0.717, 1.165) is 13.1 Å². The van der Waals surface area contributed by atoms with Gasteiger partial charge < -0.3 is 10.0 Å². The molecule has 2 heteroatoms. The van der Waals surface area contributed by atoms with Crippen molar-refractivity contribution >= 4 is 0 Å². The SMILES string of the molecule is CN(Cc1ccccc1)CC(C)(C)CO. The van der Waals surface area contributed by atoms with Crippen LogP contribution >= 0.6 is 0 Å². The van der Waals surface area contributed by atoms with Gasteiger partial charge in [-0.1, -0.05) is 44.2 Å². The first-order chi connectivity index (χ1) is 7.03. The molecule has 0 spiro atoms. The lowest BCUT2D eigenvalue weighted by Gasteiger charge is -2.28. The summed E-state index contributed by atoms with van der Waals surface area (Å²) in [6.07, 6.45) is 0. The average Bonchev–Trinajstić information content (AvgIpc) is 2.18. The molecule has 0 aliphatic carbocycles. The van der Waals surface area contributed by atoms with E-state index in [2.05, 4.69) is 50.1 Å². The summed E-state index contributed by atoms with van der Waals surface area (Å²) < 4.78 is 0. The topological polar surface area (TPSA) is 23.5 Å². The van der Waals surface area contributed by atoms with E-state index in [4.69, 9.17) is 0 Å². The third kappa shape index (κ3) is 4.45. The van der Waals surface area contributed by atoms with Gasteiger partial charge in [0, 0.05) is 25.1 Å². The Labute approximate surface area is 92.5 Å². The quantitative estimate of drug-likeness (QED) is 0.799. The zero-order valence-corrected chi connectivity index (χ0v) is 9.90. The summed E-state index contributed by atoms with van der Waals surface area (Å²) in [5, 5.41) is 9.18. The minimum atomic E-state index is -0.0243. The molecule has 1 aromatic carbocycles. The highest BCUT2D eigenvalue weighted by Gasteiger charge is 2.18. The molecule has 15 heavy (non-hydrogen) atoms. The van der Waals surface area contributed by atoms with Crippen LogP contribution in [-0.4, -0.2) is 30.2 Å². The number of hydrogen-bond donors (Lipinski definition) is 1. The van der Waals surface area contributed by atoms with Gasteiger partial charge in [-0.15, -0.1) is 0 Å². The number of hydrogen-bond acceptors (Lipinski definition) is 2. The Bertz CT molecular complexity index is 282. The third-order valence-electron chi connectivity index (χ3n) is 2.42. The molecule has 0 aromatic heterocycles. The first-order valence-corrected chi connectivity index (χ1v) is 5.37. The summed E-state index contributed by atoms with van der Waals surface area (Å²) in [5.74, 6) is 0. The van der Waals surface area contributed by atoms with Gasteiger partial charge in [-0.3, -0.25) is 0 Å². The molecular weight excluding hydrogens is 186 g/mol. The van der Waals surface area contributed by atoms with Gasteiger partial charge in [-0.05, 0) is 12.6 Å². The summed E-state index contributed by atoms with van der Waals surface area (Å²) in [7, 11) is 2.09. The minimum absolute atomic E-state index is 0.0243. The van der Waals surface area contributed by atoms with Gasteiger partial charge in [-0.25, -0.2) is 0 Å². The van der Waals surface area contributed by atoms with E-state index in [-0.39, 0.29) is 12.0 Å². The largest absolute Gasteiger partial charge is 0.396 e. The van der Waals surface area contributed by atoms with Crippen molar-refractivity contribution in [1.29, 1.82) is 0 Å². The predicted molar refractivity (Wildman–Crippen MR) is 63.6 cm³/mol. The van der Waals surface area contributed by atoms with Crippen molar-refractivity contribution in [3.63, 3.8) is 0 Å². The van der Waals surface area contributed by atoms with Crippen molar-refractivity contribution in [1.82, 2.24) is 4.90 Å². The number of benzene rings is 1. The molecule has 0 amide bonds. The second-order valence-corrected chi connectivity index (χ2v) is 4.98. The van der Waals surface area contributed by atoms with E-state index < -0.39 is 0 Å². The molecule has 0 aliphatic heterocycles. The van der Waals surface area contributed by atoms with Crippen molar-refractivity contribution in [3.05, 3.63) is 35.9 Å². The molecule has 0 fully saturated rings. The Hall–Kier alpha value is -0.860. The fourth-order valence-electron chi connectivity index (χ4n) is 1.73. The molecule has 1 aromatic rings. The Morgan fingerprint density at radius 2 is 1.80 bits per heavy atom. The smallest absolute Gasteiger partial charge is 0.0494 e. The van der Waals surface area contributed by atoms with Crippen molar-refractivity contribution < 1.29 is 5.11 Å². The van der Waals surface area contributed by atoms with Crippen LogP contribution in [0.3, 0.4) is 0 Å². The lowest BCUT2D eigenvalue weighted by atomic mass is 9.94. The fraction of sp³-hybridized carbons (Fsp3) is 0.538. The van der Waals surface area contributed by atoms with E-state index in [1.165, 1.54) is 5.56 Å². The summed E-state index contributed by atoms with van der Waals surface area (Å²) in [5.41, 5.74) is 1.29. The molecule has 84 valence electrons. The maximum atomic E-state index is 9.18. The third-order valence-corrected chi connectivity index (χ3v) is 2.42. The Morgan fingerprint density at radius 3 is 2.33 bits per heavy atom. The Balaban J connectivity index is 2.46. The molecule has 0 heterocycles. The van der Waals surface area contributed by atoms with Gasteiger partial charge in [0.05, 0.1) is 0 Å². The van der Waals surface area contributed by atoms with Crippen molar-refractivity contribution in [2.24, 2.45) is 5.41 Å². The maximum absolute atomic E-state index is 9.18. The lowest BCUT2D eigenvalue weighted by molar-refractivity contribution is 0.112. The molecule has 1 rings (SSSR count). The standard InChI is InChI=1S/C13H21NO/c1-13(2,11-15)10-14(3)9-12-7-5-4-6-8-12/h4-8,15H,9-11H2,1-3H3. The fourth-order valence-corrected chi connectivity index (χ4v) is 1.73.